The van der Waals surface area contributed by atoms with Crippen LogP contribution in [0.1, 0.15) is 19.8 Å². The van der Waals surface area contributed by atoms with E-state index in [9.17, 15) is 0 Å². The lowest BCUT2D eigenvalue weighted by Gasteiger charge is -2.13. The van der Waals surface area contributed by atoms with Gasteiger partial charge in [-0.3, -0.25) is 0 Å². The summed E-state index contributed by atoms with van der Waals surface area (Å²) in [5, 5.41) is 3.41. The van der Waals surface area contributed by atoms with Crippen LogP contribution in [-0.4, -0.2) is 22.1 Å². The van der Waals surface area contributed by atoms with Crippen LogP contribution in [-0.2, 0) is 6.54 Å². The first-order chi connectivity index (χ1) is 6.83. The first-order valence-corrected chi connectivity index (χ1v) is 4.95. The van der Waals surface area contributed by atoms with Gasteiger partial charge in [0.1, 0.15) is 0 Å². The van der Waals surface area contributed by atoms with Crippen molar-refractivity contribution in [3.63, 3.8) is 0 Å². The lowest BCUT2D eigenvalue weighted by molar-refractivity contribution is 0.474. The smallest absolute Gasteiger partial charge is 0.0946 e. The maximum atomic E-state index is 5.16. The zero-order valence-electron chi connectivity index (χ0n) is 8.61. The highest BCUT2D eigenvalue weighted by Gasteiger charge is 2.00. The molecule has 1 aromatic rings. The third-order valence-corrected chi connectivity index (χ3v) is 2.03. The molecule has 0 spiro atoms. The van der Waals surface area contributed by atoms with E-state index >= 15 is 0 Å². The molecule has 0 saturated carbocycles. The molecule has 1 unspecified atom stereocenters. The monoisotopic (exact) mass is 191 g/mol. The predicted molar refractivity (Wildman–Crippen MR) is 57.8 cm³/mol. The van der Waals surface area contributed by atoms with Gasteiger partial charge < -0.3 is 9.88 Å². The molecular formula is C11H17N3. The molecule has 0 fully saturated rings. The van der Waals surface area contributed by atoms with Crippen LogP contribution in [0.2, 0.25) is 0 Å². The van der Waals surface area contributed by atoms with Crippen molar-refractivity contribution in [2.45, 2.75) is 32.4 Å². The van der Waals surface area contributed by atoms with E-state index in [-0.39, 0.29) is 0 Å². The fraction of sp³-hybridized carbons (Fsp3) is 0.545. The summed E-state index contributed by atoms with van der Waals surface area (Å²) in [5.74, 6) is 2.63. The summed E-state index contributed by atoms with van der Waals surface area (Å²) in [5.41, 5.74) is 0. The third kappa shape index (κ3) is 4.11. The Morgan fingerprint density at radius 2 is 2.50 bits per heavy atom. The predicted octanol–water partition coefficient (Wildman–Crippen LogP) is 1.27. The Kier molecular flexibility index (Phi) is 4.81. The summed E-state index contributed by atoms with van der Waals surface area (Å²) in [6.45, 7) is 4.10. The first-order valence-electron chi connectivity index (χ1n) is 4.95. The Morgan fingerprint density at radius 1 is 1.64 bits per heavy atom. The summed E-state index contributed by atoms with van der Waals surface area (Å²) < 4.78 is 2.07. The summed E-state index contributed by atoms with van der Waals surface area (Å²) in [4.78, 5) is 3.99. The van der Waals surface area contributed by atoms with Gasteiger partial charge in [-0.1, -0.05) is 0 Å². The van der Waals surface area contributed by atoms with Crippen LogP contribution in [0.15, 0.2) is 18.7 Å². The maximum absolute atomic E-state index is 5.16. The van der Waals surface area contributed by atoms with Crippen LogP contribution >= 0.6 is 0 Å². The quantitative estimate of drug-likeness (QED) is 0.542. The Labute approximate surface area is 85.5 Å². The zero-order chi connectivity index (χ0) is 10.2. The molecule has 3 nitrogen and oxygen atoms in total. The molecule has 0 amide bonds. The van der Waals surface area contributed by atoms with E-state index in [4.69, 9.17) is 6.42 Å². The summed E-state index contributed by atoms with van der Waals surface area (Å²) >= 11 is 0. The van der Waals surface area contributed by atoms with Crippen LogP contribution in [0, 0.1) is 12.3 Å². The van der Waals surface area contributed by atoms with Crippen molar-refractivity contribution < 1.29 is 0 Å². The minimum Gasteiger partial charge on any atom is -0.336 e. The summed E-state index contributed by atoms with van der Waals surface area (Å²) in [7, 11) is 0. The molecule has 1 rings (SSSR count). The van der Waals surface area contributed by atoms with E-state index in [1.165, 1.54) is 0 Å². The molecule has 0 bridgehead atoms. The topological polar surface area (TPSA) is 29.9 Å². The fourth-order valence-corrected chi connectivity index (χ4v) is 1.31. The minimum absolute atomic E-state index is 0.460. The van der Waals surface area contributed by atoms with E-state index < -0.39 is 0 Å². The Balaban J connectivity index is 2.11. The zero-order valence-corrected chi connectivity index (χ0v) is 8.61. The molecule has 0 aliphatic carbocycles. The van der Waals surface area contributed by atoms with E-state index in [1.54, 1.807) is 6.20 Å². The fourth-order valence-electron chi connectivity index (χ4n) is 1.31. The highest BCUT2D eigenvalue weighted by molar-refractivity contribution is 4.83. The molecular weight excluding hydrogens is 174 g/mol. The number of imidazole rings is 1. The molecule has 0 radical (unpaired) electrons. The van der Waals surface area contributed by atoms with Gasteiger partial charge in [0.2, 0.25) is 0 Å². The third-order valence-electron chi connectivity index (χ3n) is 2.03. The van der Waals surface area contributed by atoms with Crippen LogP contribution in [0.5, 0.6) is 0 Å². The lowest BCUT2D eigenvalue weighted by Crippen LogP contribution is -2.30. The standard InChI is InChI=1S/C11H17N3/c1-3-4-5-6-13-11(2)9-14-8-7-12-10-14/h1,7-8,10-11,13H,4-6,9H2,2H3. The molecule has 76 valence electrons. The molecule has 3 heteroatoms. The van der Waals surface area contributed by atoms with Gasteiger partial charge in [0, 0.05) is 31.4 Å². The van der Waals surface area contributed by atoms with Crippen LogP contribution in [0.4, 0.5) is 0 Å². The van der Waals surface area contributed by atoms with Crippen molar-refractivity contribution in [1.29, 1.82) is 0 Å². The second kappa shape index (κ2) is 6.22. The van der Waals surface area contributed by atoms with E-state index in [0.29, 0.717) is 6.04 Å². The summed E-state index contributed by atoms with van der Waals surface area (Å²) in [6, 6.07) is 0.460. The van der Waals surface area contributed by atoms with Gasteiger partial charge >= 0.3 is 0 Å². The van der Waals surface area contributed by atoms with Gasteiger partial charge in [0.05, 0.1) is 6.33 Å². The number of unbranched alkanes of at least 4 members (excludes halogenated alkanes) is 1. The first kappa shape index (κ1) is 10.8. The average Bonchev–Trinajstić information content (AvgIpc) is 2.65. The number of hydrogen-bond acceptors (Lipinski definition) is 2. The van der Waals surface area contributed by atoms with Crippen LogP contribution < -0.4 is 5.32 Å². The van der Waals surface area contributed by atoms with Crippen LogP contribution in [0.3, 0.4) is 0 Å². The molecule has 0 aromatic carbocycles. The number of rotatable bonds is 6. The highest BCUT2D eigenvalue weighted by Crippen LogP contribution is 1.92. The molecule has 1 atom stereocenters. The number of nitrogens with one attached hydrogen (secondary N) is 1. The van der Waals surface area contributed by atoms with Crippen molar-refractivity contribution in [3.8, 4) is 12.3 Å². The Morgan fingerprint density at radius 3 is 3.14 bits per heavy atom. The van der Waals surface area contributed by atoms with E-state index in [2.05, 4.69) is 27.7 Å². The normalized spacial score (nSPS) is 12.3. The highest BCUT2D eigenvalue weighted by atomic mass is 15.1. The molecule has 1 N–H and O–H groups in total. The van der Waals surface area contributed by atoms with Gasteiger partial charge in [-0.2, -0.15) is 0 Å². The van der Waals surface area contributed by atoms with Crippen molar-refractivity contribution in [2.24, 2.45) is 0 Å². The number of terminal acetylenes is 1. The molecule has 0 aliphatic rings. The van der Waals surface area contributed by atoms with E-state index in [0.717, 1.165) is 25.9 Å². The van der Waals surface area contributed by atoms with Crippen molar-refractivity contribution in [2.75, 3.05) is 6.54 Å². The maximum Gasteiger partial charge on any atom is 0.0946 e. The van der Waals surface area contributed by atoms with Gasteiger partial charge in [-0.25, -0.2) is 4.98 Å². The van der Waals surface area contributed by atoms with Crippen molar-refractivity contribution >= 4 is 0 Å². The molecule has 0 saturated heterocycles. The SMILES string of the molecule is C#CCCCNC(C)Cn1ccnc1. The van der Waals surface area contributed by atoms with Gasteiger partial charge in [0.25, 0.3) is 0 Å². The van der Waals surface area contributed by atoms with Crippen LogP contribution in [0.25, 0.3) is 0 Å². The largest absolute Gasteiger partial charge is 0.336 e. The van der Waals surface area contributed by atoms with Gasteiger partial charge in [-0.05, 0) is 19.9 Å². The summed E-state index contributed by atoms with van der Waals surface area (Å²) in [6.07, 6.45) is 12.7. The van der Waals surface area contributed by atoms with E-state index in [1.807, 2.05) is 12.5 Å². The second-order valence-electron chi connectivity index (χ2n) is 3.42. The Bertz CT molecular complexity index is 271. The number of nitrogens with zero attached hydrogens (tertiary/aromatic N) is 2. The van der Waals surface area contributed by atoms with Gasteiger partial charge in [-0.15, -0.1) is 12.3 Å². The minimum atomic E-state index is 0.460. The van der Waals surface area contributed by atoms with Gasteiger partial charge in [0.15, 0.2) is 0 Å². The molecule has 14 heavy (non-hydrogen) atoms. The Hall–Kier alpha value is -1.27. The second-order valence-corrected chi connectivity index (χ2v) is 3.42. The molecule has 1 heterocycles. The van der Waals surface area contributed by atoms with Crippen molar-refractivity contribution in [3.05, 3.63) is 18.7 Å². The molecule has 1 aromatic heterocycles. The number of hydrogen-bond donors (Lipinski definition) is 1. The molecule has 0 aliphatic heterocycles. The average molecular weight is 191 g/mol. The lowest BCUT2D eigenvalue weighted by atomic mass is 10.3. The number of aromatic nitrogens is 2. The van der Waals surface area contributed by atoms with Crippen molar-refractivity contribution in [1.82, 2.24) is 14.9 Å².